The molecule has 2 amide bonds. The van der Waals surface area contributed by atoms with E-state index in [0.717, 1.165) is 16.1 Å². The average molecular weight is 380 g/mol. The summed E-state index contributed by atoms with van der Waals surface area (Å²) in [7, 11) is 0. The minimum atomic E-state index is -0.197. The van der Waals surface area contributed by atoms with Gasteiger partial charge in [-0.25, -0.2) is 0 Å². The summed E-state index contributed by atoms with van der Waals surface area (Å²) < 4.78 is 0. The van der Waals surface area contributed by atoms with E-state index >= 15 is 0 Å². The molecule has 0 aliphatic rings. The zero-order valence-corrected chi connectivity index (χ0v) is 15.5. The van der Waals surface area contributed by atoms with Crippen LogP contribution in [-0.4, -0.2) is 28.6 Å². The molecule has 2 aromatic carbocycles. The van der Waals surface area contributed by atoms with Crippen molar-refractivity contribution in [2.24, 2.45) is 0 Å². The minimum absolute atomic E-state index is 0.102. The van der Waals surface area contributed by atoms with Crippen molar-refractivity contribution in [2.75, 3.05) is 11.9 Å². The van der Waals surface area contributed by atoms with E-state index in [1.165, 1.54) is 11.3 Å². The van der Waals surface area contributed by atoms with Crippen molar-refractivity contribution in [1.29, 1.82) is 0 Å². The third-order valence-corrected chi connectivity index (χ3v) is 4.63. The van der Waals surface area contributed by atoms with Gasteiger partial charge in [0.05, 0.1) is 6.42 Å². The monoisotopic (exact) mass is 380 g/mol. The molecule has 1 heterocycles. The van der Waals surface area contributed by atoms with E-state index in [4.69, 9.17) is 0 Å². The van der Waals surface area contributed by atoms with Gasteiger partial charge in [-0.3, -0.25) is 9.59 Å². The molecule has 3 aromatic rings. The van der Waals surface area contributed by atoms with Crippen molar-refractivity contribution in [3.8, 4) is 0 Å². The van der Waals surface area contributed by atoms with Gasteiger partial charge in [-0.05, 0) is 11.1 Å². The summed E-state index contributed by atoms with van der Waals surface area (Å²) in [5, 5.41) is 14.9. The Kier molecular flexibility index (Phi) is 6.65. The lowest BCUT2D eigenvalue weighted by Crippen LogP contribution is -2.28. The molecule has 0 aliphatic heterocycles. The van der Waals surface area contributed by atoms with E-state index in [9.17, 15) is 9.59 Å². The molecule has 0 saturated carbocycles. The summed E-state index contributed by atoms with van der Waals surface area (Å²) in [6.07, 6.45) is 1.18. The molecule has 0 bridgehead atoms. The topological polar surface area (TPSA) is 84.0 Å². The van der Waals surface area contributed by atoms with E-state index in [2.05, 4.69) is 20.8 Å². The normalized spacial score (nSPS) is 10.4. The van der Waals surface area contributed by atoms with Gasteiger partial charge in [-0.1, -0.05) is 72.0 Å². The SMILES string of the molecule is O=C(Cc1ccccc1)NCCC(=O)Nc1nnc(Cc2ccccc2)s1. The second kappa shape index (κ2) is 9.59. The fourth-order valence-electron chi connectivity index (χ4n) is 2.49. The number of anilines is 1. The average Bonchev–Trinajstić information content (AvgIpc) is 3.10. The molecule has 0 spiro atoms. The van der Waals surface area contributed by atoms with Crippen LogP contribution in [0, 0.1) is 0 Å². The molecular formula is C20H20N4O2S. The van der Waals surface area contributed by atoms with E-state index in [-0.39, 0.29) is 24.8 Å². The van der Waals surface area contributed by atoms with Crippen LogP contribution < -0.4 is 10.6 Å². The number of amides is 2. The Morgan fingerprint density at radius 2 is 1.52 bits per heavy atom. The van der Waals surface area contributed by atoms with Gasteiger partial charge in [-0.2, -0.15) is 0 Å². The fraction of sp³-hybridized carbons (Fsp3) is 0.200. The Labute approximate surface area is 161 Å². The molecule has 0 aliphatic carbocycles. The summed E-state index contributed by atoms with van der Waals surface area (Å²) in [6.45, 7) is 0.285. The van der Waals surface area contributed by atoms with Gasteiger partial charge in [-0.15, -0.1) is 10.2 Å². The highest BCUT2D eigenvalue weighted by Crippen LogP contribution is 2.18. The standard InChI is InChI=1S/C20H20N4O2S/c25-17(11-12-21-18(26)13-15-7-3-1-4-8-15)22-20-24-23-19(27-20)14-16-9-5-2-6-10-16/h1-10H,11-14H2,(H,21,26)(H,22,24,25). The zero-order chi connectivity index (χ0) is 18.9. The number of aromatic nitrogens is 2. The van der Waals surface area contributed by atoms with Crippen LogP contribution >= 0.6 is 11.3 Å². The van der Waals surface area contributed by atoms with Gasteiger partial charge < -0.3 is 10.6 Å². The lowest BCUT2D eigenvalue weighted by Gasteiger charge is -2.05. The zero-order valence-electron chi connectivity index (χ0n) is 14.7. The highest BCUT2D eigenvalue weighted by Gasteiger charge is 2.09. The van der Waals surface area contributed by atoms with Crippen LogP contribution in [0.2, 0.25) is 0 Å². The van der Waals surface area contributed by atoms with E-state index < -0.39 is 0 Å². The summed E-state index contributed by atoms with van der Waals surface area (Å²) >= 11 is 1.36. The van der Waals surface area contributed by atoms with Crippen molar-refractivity contribution in [3.05, 3.63) is 76.8 Å². The van der Waals surface area contributed by atoms with Crippen molar-refractivity contribution >= 4 is 28.3 Å². The minimum Gasteiger partial charge on any atom is -0.355 e. The number of hydrogen-bond donors (Lipinski definition) is 2. The van der Waals surface area contributed by atoms with Crippen molar-refractivity contribution < 1.29 is 9.59 Å². The maximum absolute atomic E-state index is 12.0. The second-order valence-electron chi connectivity index (χ2n) is 5.97. The van der Waals surface area contributed by atoms with Crippen LogP contribution in [0.4, 0.5) is 5.13 Å². The number of carbonyl (C=O) groups excluding carboxylic acids is 2. The smallest absolute Gasteiger partial charge is 0.227 e. The lowest BCUT2D eigenvalue weighted by atomic mass is 10.1. The predicted octanol–water partition coefficient (Wildman–Crippen LogP) is 2.82. The Hall–Kier alpha value is -3.06. The van der Waals surface area contributed by atoms with Gasteiger partial charge in [0.15, 0.2) is 0 Å². The molecule has 0 atom stereocenters. The number of nitrogens with zero attached hydrogens (tertiary/aromatic N) is 2. The molecule has 0 radical (unpaired) electrons. The first-order chi connectivity index (χ1) is 13.2. The van der Waals surface area contributed by atoms with E-state index in [0.29, 0.717) is 18.0 Å². The van der Waals surface area contributed by atoms with Crippen molar-refractivity contribution in [3.63, 3.8) is 0 Å². The quantitative estimate of drug-likeness (QED) is 0.629. The Morgan fingerprint density at radius 1 is 0.852 bits per heavy atom. The van der Waals surface area contributed by atoms with Crippen LogP contribution in [0.25, 0.3) is 0 Å². The Morgan fingerprint density at radius 3 is 2.22 bits per heavy atom. The van der Waals surface area contributed by atoms with Gasteiger partial charge in [0.25, 0.3) is 0 Å². The number of carbonyl (C=O) groups is 2. The third kappa shape index (κ3) is 6.31. The Bertz CT molecular complexity index is 881. The largest absolute Gasteiger partial charge is 0.355 e. The van der Waals surface area contributed by atoms with Crippen LogP contribution in [0.5, 0.6) is 0 Å². The summed E-state index contributed by atoms with van der Waals surface area (Å²) in [4.78, 5) is 23.9. The molecule has 3 rings (SSSR count). The molecule has 1 aromatic heterocycles. The van der Waals surface area contributed by atoms with Crippen LogP contribution in [0.1, 0.15) is 22.6 Å². The summed E-state index contributed by atoms with van der Waals surface area (Å²) in [5.74, 6) is -0.299. The lowest BCUT2D eigenvalue weighted by molar-refractivity contribution is -0.120. The molecule has 0 fully saturated rings. The first kappa shape index (κ1) is 18.7. The second-order valence-corrected chi connectivity index (χ2v) is 7.04. The molecule has 0 saturated heterocycles. The number of nitrogens with one attached hydrogen (secondary N) is 2. The molecule has 0 unspecified atom stereocenters. The van der Waals surface area contributed by atoms with Gasteiger partial charge in [0.1, 0.15) is 5.01 Å². The maximum Gasteiger partial charge on any atom is 0.227 e. The molecule has 138 valence electrons. The molecule has 7 heteroatoms. The highest BCUT2D eigenvalue weighted by atomic mass is 32.1. The molecule has 2 N–H and O–H groups in total. The number of benzene rings is 2. The molecular weight excluding hydrogens is 360 g/mol. The highest BCUT2D eigenvalue weighted by molar-refractivity contribution is 7.15. The molecule has 6 nitrogen and oxygen atoms in total. The first-order valence-electron chi connectivity index (χ1n) is 8.66. The summed E-state index contributed by atoms with van der Waals surface area (Å²) in [5.41, 5.74) is 2.09. The number of rotatable bonds is 8. The van der Waals surface area contributed by atoms with Gasteiger partial charge in [0, 0.05) is 19.4 Å². The first-order valence-corrected chi connectivity index (χ1v) is 9.47. The van der Waals surface area contributed by atoms with Crippen LogP contribution in [-0.2, 0) is 22.4 Å². The van der Waals surface area contributed by atoms with Crippen molar-refractivity contribution in [1.82, 2.24) is 15.5 Å². The summed E-state index contributed by atoms with van der Waals surface area (Å²) in [6, 6.07) is 19.5. The van der Waals surface area contributed by atoms with E-state index in [1.54, 1.807) is 0 Å². The van der Waals surface area contributed by atoms with Gasteiger partial charge >= 0.3 is 0 Å². The third-order valence-electron chi connectivity index (χ3n) is 3.79. The fourth-order valence-corrected chi connectivity index (χ4v) is 3.28. The van der Waals surface area contributed by atoms with Crippen LogP contribution in [0.3, 0.4) is 0 Å². The maximum atomic E-state index is 12.0. The van der Waals surface area contributed by atoms with E-state index in [1.807, 2.05) is 60.7 Å². The van der Waals surface area contributed by atoms with Gasteiger partial charge in [0.2, 0.25) is 16.9 Å². The number of hydrogen-bond acceptors (Lipinski definition) is 5. The van der Waals surface area contributed by atoms with Crippen LogP contribution in [0.15, 0.2) is 60.7 Å². The predicted molar refractivity (Wildman–Crippen MR) is 106 cm³/mol. The molecule has 27 heavy (non-hydrogen) atoms. The van der Waals surface area contributed by atoms with Crippen molar-refractivity contribution in [2.45, 2.75) is 19.3 Å². The Balaban J connectivity index is 1.39.